The third kappa shape index (κ3) is 3.76. The first kappa shape index (κ1) is 8.21. The molecule has 9 heavy (non-hydrogen) atoms. The molecule has 0 saturated heterocycles. The average Bonchev–Trinajstić information content (AvgIpc) is 1.82. The summed E-state index contributed by atoms with van der Waals surface area (Å²) in [4.78, 5) is 10.4. The van der Waals surface area contributed by atoms with Crippen molar-refractivity contribution in [3.8, 4) is 0 Å². The van der Waals surface area contributed by atoms with Crippen molar-refractivity contribution < 1.29 is 4.79 Å². The van der Waals surface area contributed by atoms with Crippen LogP contribution < -0.4 is 5.73 Å². The number of carbonyl (C=O) groups is 1. The molecular formula is C7H13NO. The Hall–Kier alpha value is -0.790. The van der Waals surface area contributed by atoms with Crippen molar-refractivity contribution in [1.29, 1.82) is 0 Å². The first-order chi connectivity index (χ1) is 4.18. The highest BCUT2D eigenvalue weighted by Gasteiger charge is 2.03. The van der Waals surface area contributed by atoms with E-state index in [2.05, 4.69) is 0 Å². The van der Waals surface area contributed by atoms with Crippen molar-refractivity contribution in [2.24, 2.45) is 11.7 Å². The van der Waals surface area contributed by atoms with Crippen LogP contribution in [0.25, 0.3) is 0 Å². The zero-order valence-corrected chi connectivity index (χ0v) is 5.92. The summed E-state index contributed by atoms with van der Waals surface area (Å²) in [5.74, 6) is -0.255. The minimum atomic E-state index is -0.229. The Balaban J connectivity index is 3.50. The molecule has 52 valence electrons. The molecule has 0 spiro atoms. The van der Waals surface area contributed by atoms with Gasteiger partial charge in [-0.25, -0.2) is 0 Å². The molecule has 0 heterocycles. The van der Waals surface area contributed by atoms with Crippen LogP contribution in [0, 0.1) is 5.92 Å². The van der Waals surface area contributed by atoms with Gasteiger partial charge in [0.25, 0.3) is 0 Å². The number of primary amides is 1. The molecule has 0 aliphatic heterocycles. The van der Waals surface area contributed by atoms with E-state index in [1.165, 1.54) is 0 Å². The zero-order chi connectivity index (χ0) is 7.28. The van der Waals surface area contributed by atoms with Crippen molar-refractivity contribution >= 4 is 5.91 Å². The molecule has 0 aliphatic rings. The van der Waals surface area contributed by atoms with E-state index < -0.39 is 0 Å². The monoisotopic (exact) mass is 127 g/mol. The van der Waals surface area contributed by atoms with E-state index in [1.807, 2.05) is 26.0 Å². The number of nitrogens with two attached hydrogens (primary N) is 1. The molecular weight excluding hydrogens is 114 g/mol. The fraction of sp³-hybridized carbons (Fsp3) is 0.571. The highest BCUT2D eigenvalue weighted by molar-refractivity contribution is 5.76. The highest BCUT2D eigenvalue weighted by atomic mass is 16.1. The Kier molecular flexibility index (Phi) is 3.76. The molecule has 0 rings (SSSR count). The van der Waals surface area contributed by atoms with Gasteiger partial charge in [-0.15, -0.1) is 0 Å². The van der Waals surface area contributed by atoms with Crippen molar-refractivity contribution in [3.63, 3.8) is 0 Å². The SMILES string of the molecule is C/C=C\CC(C)C(N)=O. The molecule has 0 aromatic rings. The van der Waals surface area contributed by atoms with E-state index >= 15 is 0 Å². The normalized spacial score (nSPS) is 14.0. The third-order valence-electron chi connectivity index (χ3n) is 1.21. The number of hydrogen-bond donors (Lipinski definition) is 1. The third-order valence-corrected chi connectivity index (χ3v) is 1.21. The predicted molar refractivity (Wildman–Crippen MR) is 37.8 cm³/mol. The van der Waals surface area contributed by atoms with Crippen molar-refractivity contribution in [2.45, 2.75) is 20.3 Å². The quantitative estimate of drug-likeness (QED) is 0.566. The van der Waals surface area contributed by atoms with Crippen LogP contribution in [0.15, 0.2) is 12.2 Å². The summed E-state index contributed by atoms with van der Waals surface area (Å²) >= 11 is 0. The van der Waals surface area contributed by atoms with Gasteiger partial charge in [-0.1, -0.05) is 19.1 Å². The zero-order valence-electron chi connectivity index (χ0n) is 5.92. The fourth-order valence-electron chi connectivity index (χ4n) is 0.456. The van der Waals surface area contributed by atoms with E-state index in [9.17, 15) is 4.79 Å². The lowest BCUT2D eigenvalue weighted by atomic mass is 10.1. The van der Waals surface area contributed by atoms with E-state index in [0.717, 1.165) is 6.42 Å². The summed E-state index contributed by atoms with van der Waals surface area (Å²) in [7, 11) is 0. The second kappa shape index (κ2) is 4.13. The first-order valence-corrected chi connectivity index (χ1v) is 3.09. The lowest BCUT2D eigenvalue weighted by molar-refractivity contribution is -0.121. The molecule has 2 N–H and O–H groups in total. The summed E-state index contributed by atoms with van der Waals surface area (Å²) in [5.41, 5.74) is 5.00. The Morgan fingerprint density at radius 3 is 2.67 bits per heavy atom. The number of amides is 1. The van der Waals surface area contributed by atoms with E-state index in [0.29, 0.717) is 0 Å². The maximum absolute atomic E-state index is 10.4. The lowest BCUT2D eigenvalue weighted by Gasteiger charge is -1.99. The van der Waals surface area contributed by atoms with E-state index in [1.54, 1.807) is 0 Å². The van der Waals surface area contributed by atoms with Gasteiger partial charge in [0.05, 0.1) is 0 Å². The molecule has 0 saturated carbocycles. The fourth-order valence-corrected chi connectivity index (χ4v) is 0.456. The van der Waals surface area contributed by atoms with Crippen LogP contribution in [-0.2, 0) is 4.79 Å². The number of carbonyl (C=O) groups excluding carboxylic acids is 1. The lowest BCUT2D eigenvalue weighted by Crippen LogP contribution is -2.19. The van der Waals surface area contributed by atoms with Gasteiger partial charge in [-0.05, 0) is 13.3 Å². The van der Waals surface area contributed by atoms with Gasteiger partial charge in [-0.2, -0.15) is 0 Å². The van der Waals surface area contributed by atoms with Crippen LogP contribution in [-0.4, -0.2) is 5.91 Å². The minimum Gasteiger partial charge on any atom is -0.369 e. The minimum absolute atomic E-state index is 0.0267. The summed E-state index contributed by atoms with van der Waals surface area (Å²) in [6.07, 6.45) is 4.61. The Labute approximate surface area is 55.7 Å². The smallest absolute Gasteiger partial charge is 0.220 e. The summed E-state index contributed by atoms with van der Waals surface area (Å²) < 4.78 is 0. The Bertz CT molecular complexity index is 118. The second-order valence-electron chi connectivity index (χ2n) is 2.11. The van der Waals surface area contributed by atoms with E-state index in [-0.39, 0.29) is 11.8 Å². The molecule has 0 radical (unpaired) electrons. The van der Waals surface area contributed by atoms with Crippen LogP contribution in [0.3, 0.4) is 0 Å². The molecule has 2 nitrogen and oxygen atoms in total. The van der Waals surface area contributed by atoms with Gasteiger partial charge in [0, 0.05) is 5.92 Å². The van der Waals surface area contributed by atoms with Gasteiger partial charge < -0.3 is 5.73 Å². The van der Waals surface area contributed by atoms with Crippen LogP contribution in [0.2, 0.25) is 0 Å². The van der Waals surface area contributed by atoms with Crippen LogP contribution in [0.1, 0.15) is 20.3 Å². The average molecular weight is 127 g/mol. The second-order valence-corrected chi connectivity index (χ2v) is 2.11. The first-order valence-electron chi connectivity index (χ1n) is 3.09. The standard InChI is InChI=1S/C7H13NO/c1-3-4-5-6(2)7(8)9/h3-4,6H,5H2,1-2H3,(H2,8,9)/b4-3-. The topological polar surface area (TPSA) is 43.1 Å². The predicted octanol–water partition coefficient (Wildman–Crippen LogP) is 1.07. The summed E-state index contributed by atoms with van der Waals surface area (Å²) in [6, 6.07) is 0. The van der Waals surface area contributed by atoms with Crippen LogP contribution in [0.4, 0.5) is 0 Å². The molecule has 0 aliphatic carbocycles. The summed E-state index contributed by atoms with van der Waals surface area (Å²) in [6.45, 7) is 3.75. The van der Waals surface area contributed by atoms with Gasteiger partial charge in [0.1, 0.15) is 0 Å². The van der Waals surface area contributed by atoms with Crippen molar-refractivity contribution in [1.82, 2.24) is 0 Å². The van der Waals surface area contributed by atoms with Crippen LogP contribution in [0.5, 0.6) is 0 Å². The number of rotatable bonds is 3. The number of hydrogen-bond acceptors (Lipinski definition) is 1. The molecule has 1 atom stereocenters. The van der Waals surface area contributed by atoms with Gasteiger partial charge >= 0.3 is 0 Å². The molecule has 2 heteroatoms. The largest absolute Gasteiger partial charge is 0.369 e. The van der Waals surface area contributed by atoms with Crippen molar-refractivity contribution in [2.75, 3.05) is 0 Å². The molecule has 1 unspecified atom stereocenters. The van der Waals surface area contributed by atoms with E-state index in [4.69, 9.17) is 5.73 Å². The molecule has 0 aromatic carbocycles. The molecule has 0 bridgehead atoms. The van der Waals surface area contributed by atoms with Gasteiger partial charge in [0.2, 0.25) is 5.91 Å². The Morgan fingerprint density at radius 2 is 2.33 bits per heavy atom. The molecule has 0 aromatic heterocycles. The number of allylic oxidation sites excluding steroid dienone is 2. The highest BCUT2D eigenvalue weighted by Crippen LogP contribution is 2.00. The van der Waals surface area contributed by atoms with Gasteiger partial charge in [0.15, 0.2) is 0 Å². The molecule has 0 fully saturated rings. The summed E-state index contributed by atoms with van der Waals surface area (Å²) in [5, 5.41) is 0. The maximum Gasteiger partial charge on any atom is 0.220 e. The van der Waals surface area contributed by atoms with Gasteiger partial charge in [-0.3, -0.25) is 4.79 Å². The van der Waals surface area contributed by atoms with Crippen molar-refractivity contribution in [3.05, 3.63) is 12.2 Å². The van der Waals surface area contributed by atoms with Crippen LogP contribution >= 0.6 is 0 Å². The molecule has 1 amide bonds. The maximum atomic E-state index is 10.4. The Morgan fingerprint density at radius 1 is 1.78 bits per heavy atom.